The van der Waals surface area contributed by atoms with Crippen LogP contribution in [0.1, 0.15) is 31.0 Å². The molecule has 3 aromatic heterocycles. The van der Waals surface area contributed by atoms with Crippen LogP contribution in [-0.2, 0) is 12.8 Å². The van der Waals surface area contributed by atoms with Gasteiger partial charge in [0, 0.05) is 23.5 Å². The lowest BCUT2D eigenvalue weighted by Crippen LogP contribution is -2.22. The van der Waals surface area contributed by atoms with Crippen molar-refractivity contribution in [1.29, 1.82) is 0 Å². The third kappa shape index (κ3) is 2.54. The first-order chi connectivity index (χ1) is 11.2. The van der Waals surface area contributed by atoms with E-state index in [0.29, 0.717) is 11.6 Å². The van der Waals surface area contributed by atoms with E-state index in [1.54, 1.807) is 10.6 Å². The Bertz CT molecular complexity index is 915. The van der Waals surface area contributed by atoms with Gasteiger partial charge in [-0.1, -0.05) is 13.0 Å². The lowest BCUT2D eigenvalue weighted by Gasteiger charge is -2.09. The van der Waals surface area contributed by atoms with Gasteiger partial charge in [-0.2, -0.15) is 0 Å². The number of aryl methyl sites for hydroxylation is 1. The maximum atomic E-state index is 12.8. The molecule has 1 aliphatic carbocycles. The Morgan fingerprint density at radius 3 is 2.87 bits per heavy atom. The Balaban J connectivity index is 1.88. The number of nitrogens with zero attached hydrogens (tertiary/aromatic N) is 3. The largest absolute Gasteiger partial charge is 0.269 e. The molecule has 3 aromatic rings. The third-order valence-corrected chi connectivity index (χ3v) is 4.73. The highest BCUT2D eigenvalue weighted by atomic mass is 16.1. The van der Waals surface area contributed by atoms with Gasteiger partial charge in [0.25, 0.3) is 5.56 Å². The predicted octanol–water partition coefficient (Wildman–Crippen LogP) is 3.27. The molecule has 1 atom stereocenters. The summed E-state index contributed by atoms with van der Waals surface area (Å²) in [6.07, 6.45) is 7.52. The summed E-state index contributed by atoms with van der Waals surface area (Å²) in [5.41, 5.74) is 4.57. The van der Waals surface area contributed by atoms with Crippen LogP contribution in [0.5, 0.6) is 0 Å². The molecule has 4 heteroatoms. The van der Waals surface area contributed by atoms with Crippen molar-refractivity contribution in [3.63, 3.8) is 0 Å². The van der Waals surface area contributed by atoms with Gasteiger partial charge in [0.05, 0.1) is 11.4 Å². The molecule has 1 unspecified atom stereocenters. The Morgan fingerprint density at radius 2 is 2.04 bits per heavy atom. The smallest absolute Gasteiger partial charge is 0.261 e. The molecule has 0 bridgehead atoms. The topological polar surface area (TPSA) is 47.3 Å². The maximum absolute atomic E-state index is 12.8. The van der Waals surface area contributed by atoms with Crippen LogP contribution in [0.25, 0.3) is 16.9 Å². The quantitative estimate of drug-likeness (QED) is 0.648. The fourth-order valence-corrected chi connectivity index (χ4v) is 3.29. The molecule has 0 radical (unpaired) electrons. The number of rotatable bonds is 1. The van der Waals surface area contributed by atoms with Crippen LogP contribution < -0.4 is 5.56 Å². The molecular formula is C19H19N3O. The van der Waals surface area contributed by atoms with Gasteiger partial charge in [0.15, 0.2) is 0 Å². The summed E-state index contributed by atoms with van der Waals surface area (Å²) in [5.74, 6) is 0.654. The average molecular weight is 305 g/mol. The first-order valence-electron chi connectivity index (χ1n) is 8.18. The number of hydrogen-bond donors (Lipinski definition) is 0. The Hall–Kier alpha value is -2.49. The first-order valence-corrected chi connectivity index (χ1v) is 8.18. The summed E-state index contributed by atoms with van der Waals surface area (Å²) >= 11 is 0. The highest BCUT2D eigenvalue weighted by molar-refractivity contribution is 5.63. The van der Waals surface area contributed by atoms with Gasteiger partial charge < -0.3 is 0 Å². The monoisotopic (exact) mass is 305 g/mol. The summed E-state index contributed by atoms with van der Waals surface area (Å²) in [7, 11) is 0. The molecule has 0 saturated carbocycles. The SMILES string of the molecule is CC1CCc2nc3cc(-c4ccccn4)ccn3c(=O)c2CC1. The van der Waals surface area contributed by atoms with Crippen molar-refractivity contribution < 1.29 is 0 Å². The van der Waals surface area contributed by atoms with Gasteiger partial charge in [0.1, 0.15) is 5.65 Å². The Kier molecular flexibility index (Phi) is 3.45. The molecule has 0 saturated heterocycles. The van der Waals surface area contributed by atoms with E-state index < -0.39 is 0 Å². The fraction of sp³-hybridized carbons (Fsp3) is 0.316. The van der Waals surface area contributed by atoms with Crippen LogP contribution in [0.4, 0.5) is 0 Å². The van der Waals surface area contributed by atoms with Crippen LogP contribution in [0, 0.1) is 5.92 Å². The minimum absolute atomic E-state index is 0.0895. The standard InChI is InChI=1S/C19H19N3O/c1-13-5-7-15-17(8-6-13)21-18-12-14(9-11-22(18)19(15)23)16-4-2-3-10-20-16/h2-4,9-13H,5-8H2,1H3. The number of aromatic nitrogens is 3. The zero-order valence-electron chi connectivity index (χ0n) is 13.2. The van der Waals surface area contributed by atoms with E-state index in [-0.39, 0.29) is 5.56 Å². The van der Waals surface area contributed by atoms with Crippen molar-refractivity contribution in [1.82, 2.24) is 14.4 Å². The lowest BCUT2D eigenvalue weighted by atomic mass is 10.0. The van der Waals surface area contributed by atoms with Gasteiger partial charge >= 0.3 is 0 Å². The van der Waals surface area contributed by atoms with Crippen LogP contribution in [-0.4, -0.2) is 14.4 Å². The van der Waals surface area contributed by atoms with Crippen molar-refractivity contribution in [3.8, 4) is 11.3 Å². The molecule has 4 rings (SSSR count). The molecule has 0 N–H and O–H groups in total. The average Bonchev–Trinajstić information content (AvgIpc) is 2.78. The summed E-state index contributed by atoms with van der Waals surface area (Å²) in [6.45, 7) is 2.25. The van der Waals surface area contributed by atoms with Crippen LogP contribution >= 0.6 is 0 Å². The zero-order chi connectivity index (χ0) is 15.8. The minimum Gasteiger partial charge on any atom is -0.269 e. The summed E-state index contributed by atoms with van der Waals surface area (Å²) in [4.78, 5) is 22.0. The van der Waals surface area contributed by atoms with Crippen LogP contribution in [0.3, 0.4) is 0 Å². The molecule has 0 aromatic carbocycles. The molecule has 0 aliphatic heterocycles. The van der Waals surface area contributed by atoms with E-state index in [1.807, 2.05) is 36.5 Å². The zero-order valence-corrected chi connectivity index (χ0v) is 13.2. The van der Waals surface area contributed by atoms with E-state index in [0.717, 1.165) is 48.2 Å². The number of hydrogen-bond acceptors (Lipinski definition) is 3. The predicted molar refractivity (Wildman–Crippen MR) is 90.5 cm³/mol. The third-order valence-electron chi connectivity index (χ3n) is 4.73. The molecule has 0 amide bonds. The molecular weight excluding hydrogens is 286 g/mol. The molecule has 3 heterocycles. The molecule has 116 valence electrons. The highest BCUT2D eigenvalue weighted by Gasteiger charge is 2.18. The minimum atomic E-state index is 0.0895. The van der Waals surface area contributed by atoms with Crippen molar-refractivity contribution >= 4 is 5.65 Å². The highest BCUT2D eigenvalue weighted by Crippen LogP contribution is 2.23. The second-order valence-electron chi connectivity index (χ2n) is 6.38. The van der Waals surface area contributed by atoms with E-state index in [4.69, 9.17) is 4.98 Å². The van der Waals surface area contributed by atoms with Gasteiger partial charge in [-0.15, -0.1) is 0 Å². The molecule has 0 fully saturated rings. The van der Waals surface area contributed by atoms with Crippen molar-refractivity contribution in [3.05, 3.63) is 64.3 Å². The van der Waals surface area contributed by atoms with Gasteiger partial charge in [-0.3, -0.25) is 14.2 Å². The molecule has 0 spiro atoms. The van der Waals surface area contributed by atoms with Crippen LogP contribution in [0.2, 0.25) is 0 Å². The first kappa shape index (κ1) is 14.1. The van der Waals surface area contributed by atoms with Crippen LogP contribution in [0.15, 0.2) is 47.5 Å². The molecule has 1 aliphatic rings. The second kappa shape index (κ2) is 5.61. The second-order valence-corrected chi connectivity index (χ2v) is 6.38. The van der Waals surface area contributed by atoms with Crippen molar-refractivity contribution in [2.45, 2.75) is 32.6 Å². The number of pyridine rings is 2. The van der Waals surface area contributed by atoms with Gasteiger partial charge in [0.2, 0.25) is 0 Å². The summed E-state index contributed by atoms with van der Waals surface area (Å²) in [6, 6.07) is 9.72. The van der Waals surface area contributed by atoms with Crippen molar-refractivity contribution in [2.75, 3.05) is 0 Å². The summed E-state index contributed by atoms with van der Waals surface area (Å²) in [5, 5.41) is 0. The normalized spacial score (nSPS) is 17.7. The van der Waals surface area contributed by atoms with Crippen molar-refractivity contribution in [2.24, 2.45) is 5.92 Å². The Labute approximate surface area is 134 Å². The number of fused-ring (bicyclic) bond motifs is 2. The van der Waals surface area contributed by atoms with E-state index >= 15 is 0 Å². The van der Waals surface area contributed by atoms with E-state index in [2.05, 4.69) is 11.9 Å². The van der Waals surface area contributed by atoms with Gasteiger partial charge in [-0.25, -0.2) is 4.98 Å². The molecule has 23 heavy (non-hydrogen) atoms. The fourth-order valence-electron chi connectivity index (χ4n) is 3.29. The maximum Gasteiger partial charge on any atom is 0.261 e. The Morgan fingerprint density at radius 1 is 1.17 bits per heavy atom. The summed E-state index contributed by atoms with van der Waals surface area (Å²) < 4.78 is 1.67. The van der Waals surface area contributed by atoms with Gasteiger partial charge in [-0.05, 0) is 55.9 Å². The van der Waals surface area contributed by atoms with E-state index in [1.165, 1.54) is 0 Å². The van der Waals surface area contributed by atoms with E-state index in [9.17, 15) is 4.79 Å². The molecule has 4 nitrogen and oxygen atoms in total. The lowest BCUT2D eigenvalue weighted by molar-refractivity contribution is 0.508.